The van der Waals surface area contributed by atoms with E-state index in [1.807, 2.05) is 30.3 Å². The monoisotopic (exact) mass is 469 g/mol. The molecule has 7 heteroatoms. The second-order valence-corrected chi connectivity index (χ2v) is 9.99. The van der Waals surface area contributed by atoms with Gasteiger partial charge in [-0.15, -0.1) is 11.3 Å². The van der Waals surface area contributed by atoms with Crippen LogP contribution in [0.2, 0.25) is 0 Å². The first-order valence-electron chi connectivity index (χ1n) is 11.3. The zero-order chi connectivity index (χ0) is 23.8. The molecule has 3 aromatic rings. The van der Waals surface area contributed by atoms with E-state index >= 15 is 0 Å². The molecule has 1 aliphatic carbocycles. The van der Waals surface area contributed by atoms with Gasteiger partial charge in [0.1, 0.15) is 17.1 Å². The van der Waals surface area contributed by atoms with Crippen LogP contribution in [0.4, 0.5) is 5.00 Å². The van der Waals surface area contributed by atoms with Gasteiger partial charge in [0.2, 0.25) is 5.91 Å². The lowest BCUT2D eigenvalue weighted by Gasteiger charge is -2.25. The molecule has 5 rings (SSSR count). The first-order chi connectivity index (χ1) is 16.5. The van der Waals surface area contributed by atoms with Crippen LogP contribution in [0.15, 0.2) is 54.6 Å². The van der Waals surface area contributed by atoms with Crippen LogP contribution >= 0.6 is 11.3 Å². The Kier molecular flexibility index (Phi) is 5.76. The molecule has 0 saturated heterocycles. The number of nitriles is 1. The molecule has 3 amide bonds. The van der Waals surface area contributed by atoms with Crippen molar-refractivity contribution < 1.29 is 14.4 Å². The summed E-state index contributed by atoms with van der Waals surface area (Å²) in [6.07, 6.45) is 2.90. The Morgan fingerprint density at radius 3 is 2.41 bits per heavy atom. The molecule has 2 aromatic carbocycles. The predicted octanol–water partition coefficient (Wildman–Crippen LogP) is 4.59. The minimum Gasteiger partial charge on any atom is -0.315 e. The van der Waals surface area contributed by atoms with E-state index < -0.39 is 23.8 Å². The molecule has 2 heterocycles. The van der Waals surface area contributed by atoms with Gasteiger partial charge in [-0.2, -0.15) is 5.26 Å². The molecule has 1 N–H and O–H groups in total. The highest BCUT2D eigenvalue weighted by atomic mass is 32.1. The van der Waals surface area contributed by atoms with Crippen molar-refractivity contribution in [2.75, 3.05) is 5.32 Å². The lowest BCUT2D eigenvalue weighted by atomic mass is 9.88. The van der Waals surface area contributed by atoms with Crippen molar-refractivity contribution in [3.05, 3.63) is 87.3 Å². The topological polar surface area (TPSA) is 90.3 Å². The van der Waals surface area contributed by atoms with Crippen molar-refractivity contribution in [3.63, 3.8) is 0 Å². The minimum atomic E-state index is -1.04. The van der Waals surface area contributed by atoms with Gasteiger partial charge in [0, 0.05) is 11.3 Å². The normalized spacial score (nSPS) is 17.6. The predicted molar refractivity (Wildman–Crippen MR) is 130 cm³/mol. The van der Waals surface area contributed by atoms with Gasteiger partial charge in [0.25, 0.3) is 11.8 Å². The number of fused-ring (bicyclic) bond motifs is 2. The maximum Gasteiger partial charge on any atom is 0.262 e. The number of thiophene rings is 1. The molecule has 6 nitrogen and oxygen atoms in total. The Morgan fingerprint density at radius 1 is 1.12 bits per heavy atom. The fraction of sp³-hybridized carbons (Fsp3) is 0.259. The number of carbonyl (C=O) groups excluding carboxylic acids is 3. The number of hydrogen-bond donors (Lipinski definition) is 1. The summed E-state index contributed by atoms with van der Waals surface area (Å²) >= 11 is 1.43. The minimum absolute atomic E-state index is 0.183. The molecule has 0 unspecified atom stereocenters. The summed E-state index contributed by atoms with van der Waals surface area (Å²) in [7, 11) is 0. The van der Waals surface area contributed by atoms with Crippen LogP contribution in [0.1, 0.15) is 55.6 Å². The van der Waals surface area contributed by atoms with Crippen LogP contribution in [0, 0.1) is 17.2 Å². The standard InChI is InChI=1S/C27H23N3O3S/c1-16-11-12-18-21(15-28)25(34-23(18)13-16)29-24(31)22(14-17-7-3-2-4-8-17)30-26(32)19-9-5-6-10-20(19)27(30)33/h2-10,16,22H,11-14H2,1H3,(H,29,31)/t16-,22+/m0/s1. The Morgan fingerprint density at radius 2 is 1.76 bits per heavy atom. The van der Waals surface area contributed by atoms with E-state index in [4.69, 9.17) is 0 Å². The van der Waals surface area contributed by atoms with Crippen LogP contribution in [0.5, 0.6) is 0 Å². The molecule has 34 heavy (non-hydrogen) atoms. The molecule has 0 fully saturated rings. The summed E-state index contributed by atoms with van der Waals surface area (Å²) < 4.78 is 0. The Hall–Kier alpha value is -3.76. The molecule has 1 aliphatic heterocycles. The van der Waals surface area contributed by atoms with Gasteiger partial charge in [-0.1, -0.05) is 49.4 Å². The maximum absolute atomic E-state index is 13.6. The highest BCUT2D eigenvalue weighted by molar-refractivity contribution is 7.16. The second kappa shape index (κ2) is 8.88. The Balaban J connectivity index is 1.50. The molecule has 2 aliphatic rings. The highest BCUT2D eigenvalue weighted by Gasteiger charge is 2.43. The molecular formula is C27H23N3O3S. The number of carbonyl (C=O) groups is 3. The van der Waals surface area contributed by atoms with Gasteiger partial charge in [0.15, 0.2) is 0 Å². The van der Waals surface area contributed by atoms with Gasteiger partial charge >= 0.3 is 0 Å². The third-order valence-corrected chi connectivity index (χ3v) is 7.74. The third kappa shape index (κ3) is 3.80. The molecule has 0 radical (unpaired) electrons. The quantitative estimate of drug-likeness (QED) is 0.554. The van der Waals surface area contributed by atoms with Crippen molar-refractivity contribution >= 4 is 34.1 Å². The fourth-order valence-corrected chi connectivity index (χ4v) is 6.15. The van der Waals surface area contributed by atoms with Crippen LogP contribution in [0.3, 0.4) is 0 Å². The van der Waals surface area contributed by atoms with Crippen LogP contribution in [-0.4, -0.2) is 28.7 Å². The van der Waals surface area contributed by atoms with E-state index in [0.717, 1.165) is 40.2 Å². The average molecular weight is 470 g/mol. The number of imide groups is 1. The van der Waals surface area contributed by atoms with E-state index in [0.29, 0.717) is 27.6 Å². The van der Waals surface area contributed by atoms with Gasteiger partial charge in [-0.3, -0.25) is 19.3 Å². The van der Waals surface area contributed by atoms with Gasteiger partial charge in [-0.05, 0) is 48.4 Å². The summed E-state index contributed by atoms with van der Waals surface area (Å²) in [6.45, 7) is 2.19. The summed E-state index contributed by atoms with van der Waals surface area (Å²) in [5, 5.41) is 13.2. The number of nitrogens with one attached hydrogen (secondary N) is 1. The van der Waals surface area contributed by atoms with Crippen molar-refractivity contribution in [2.24, 2.45) is 5.92 Å². The number of anilines is 1. The SMILES string of the molecule is C[C@H]1CCc2c(sc(NC(=O)[C@@H](Cc3ccccc3)N3C(=O)c4ccccc4C3=O)c2C#N)C1. The van der Waals surface area contributed by atoms with E-state index in [9.17, 15) is 19.6 Å². The molecular weight excluding hydrogens is 446 g/mol. The van der Waals surface area contributed by atoms with Gasteiger partial charge in [0.05, 0.1) is 16.7 Å². The Bertz CT molecular complexity index is 1300. The number of nitrogens with zero attached hydrogens (tertiary/aromatic N) is 2. The van der Waals surface area contributed by atoms with Crippen LogP contribution in [0.25, 0.3) is 0 Å². The zero-order valence-electron chi connectivity index (χ0n) is 18.7. The number of hydrogen-bond acceptors (Lipinski definition) is 5. The summed E-state index contributed by atoms with van der Waals surface area (Å²) in [5.74, 6) is -0.889. The Labute approximate surface area is 201 Å². The van der Waals surface area contributed by atoms with Crippen molar-refractivity contribution in [2.45, 2.75) is 38.6 Å². The summed E-state index contributed by atoms with van der Waals surface area (Å²) in [5.41, 5.74) is 2.95. The van der Waals surface area contributed by atoms with Crippen molar-refractivity contribution in [1.82, 2.24) is 4.90 Å². The zero-order valence-corrected chi connectivity index (χ0v) is 19.5. The number of rotatable bonds is 5. The maximum atomic E-state index is 13.6. The van der Waals surface area contributed by atoms with Gasteiger partial charge < -0.3 is 5.32 Å². The largest absolute Gasteiger partial charge is 0.315 e. The van der Waals surface area contributed by atoms with Crippen LogP contribution in [-0.2, 0) is 24.1 Å². The number of amides is 3. The molecule has 0 spiro atoms. The van der Waals surface area contributed by atoms with E-state index in [1.165, 1.54) is 11.3 Å². The average Bonchev–Trinajstić information content (AvgIpc) is 3.31. The van der Waals surface area contributed by atoms with Crippen molar-refractivity contribution in [1.29, 1.82) is 5.26 Å². The summed E-state index contributed by atoms with van der Waals surface area (Å²) in [4.78, 5) is 42.2. The molecule has 0 saturated carbocycles. The van der Waals surface area contributed by atoms with E-state index in [1.54, 1.807) is 24.3 Å². The molecule has 0 bridgehead atoms. The number of benzene rings is 2. The van der Waals surface area contributed by atoms with E-state index in [2.05, 4.69) is 18.3 Å². The molecule has 170 valence electrons. The first-order valence-corrected chi connectivity index (χ1v) is 12.2. The second-order valence-electron chi connectivity index (χ2n) is 8.89. The lowest BCUT2D eigenvalue weighted by Crippen LogP contribution is -2.48. The van der Waals surface area contributed by atoms with Crippen LogP contribution < -0.4 is 5.32 Å². The fourth-order valence-electron chi connectivity index (χ4n) is 4.78. The molecule has 1 aromatic heterocycles. The van der Waals surface area contributed by atoms with Gasteiger partial charge in [-0.25, -0.2) is 0 Å². The highest BCUT2D eigenvalue weighted by Crippen LogP contribution is 2.39. The smallest absolute Gasteiger partial charge is 0.262 e. The third-order valence-electron chi connectivity index (χ3n) is 6.57. The van der Waals surface area contributed by atoms with E-state index in [-0.39, 0.29) is 6.42 Å². The molecule has 2 atom stereocenters. The summed E-state index contributed by atoms with van der Waals surface area (Å²) in [6, 6.07) is 17.2. The lowest BCUT2D eigenvalue weighted by molar-refractivity contribution is -0.119. The van der Waals surface area contributed by atoms with Crippen molar-refractivity contribution in [3.8, 4) is 6.07 Å². The first kappa shape index (κ1) is 22.1.